The number of hydrogen-bond donors (Lipinski definition) is 1. The molecule has 15 heavy (non-hydrogen) atoms. The van der Waals surface area contributed by atoms with Crippen LogP contribution in [0.4, 0.5) is 0 Å². The van der Waals surface area contributed by atoms with Gasteiger partial charge in [0.25, 0.3) is 0 Å². The van der Waals surface area contributed by atoms with Gasteiger partial charge < -0.3 is 5.11 Å². The smallest absolute Gasteiger partial charge is 0.0571 e. The number of rotatable bonds is 1. The SMILES string of the molecule is Cc1cc(C2CCC(C)C(O)C2)ccn1. The lowest BCUT2D eigenvalue weighted by molar-refractivity contribution is 0.0695. The Balaban J connectivity index is 2.12. The first kappa shape index (κ1) is 10.6. The maximum absolute atomic E-state index is 9.86. The molecule has 1 aromatic heterocycles. The number of nitrogens with zero attached hydrogens (tertiary/aromatic N) is 1. The van der Waals surface area contributed by atoms with Gasteiger partial charge in [-0.1, -0.05) is 6.92 Å². The summed E-state index contributed by atoms with van der Waals surface area (Å²) in [5.74, 6) is 0.988. The molecule has 0 saturated heterocycles. The minimum Gasteiger partial charge on any atom is -0.393 e. The van der Waals surface area contributed by atoms with Crippen LogP contribution < -0.4 is 0 Å². The first-order chi connectivity index (χ1) is 7.16. The lowest BCUT2D eigenvalue weighted by Gasteiger charge is -2.31. The molecule has 0 aromatic carbocycles. The lowest BCUT2D eigenvalue weighted by atomic mass is 9.78. The standard InChI is InChI=1S/C13H19NO/c1-9-3-4-11(8-13(9)15)12-5-6-14-10(2)7-12/h5-7,9,11,13,15H,3-4,8H2,1-2H3. The summed E-state index contributed by atoms with van der Waals surface area (Å²) in [4.78, 5) is 4.21. The van der Waals surface area contributed by atoms with E-state index in [1.807, 2.05) is 13.1 Å². The molecule has 0 amide bonds. The van der Waals surface area contributed by atoms with Crippen LogP contribution in [0.3, 0.4) is 0 Å². The number of aryl methyl sites for hydroxylation is 1. The second-order valence-corrected chi connectivity index (χ2v) is 4.79. The van der Waals surface area contributed by atoms with E-state index in [-0.39, 0.29) is 6.10 Å². The van der Waals surface area contributed by atoms with E-state index in [1.165, 1.54) is 12.0 Å². The molecule has 1 saturated carbocycles. The third-order valence-electron chi connectivity index (χ3n) is 3.55. The Hall–Kier alpha value is -0.890. The van der Waals surface area contributed by atoms with E-state index in [1.54, 1.807) is 0 Å². The van der Waals surface area contributed by atoms with Gasteiger partial charge in [0.15, 0.2) is 0 Å². The fraction of sp³-hybridized carbons (Fsp3) is 0.615. The van der Waals surface area contributed by atoms with Crippen molar-refractivity contribution in [3.63, 3.8) is 0 Å². The van der Waals surface area contributed by atoms with E-state index < -0.39 is 0 Å². The van der Waals surface area contributed by atoms with Crippen LogP contribution in [0.5, 0.6) is 0 Å². The quantitative estimate of drug-likeness (QED) is 0.764. The maximum Gasteiger partial charge on any atom is 0.0571 e. The molecule has 1 aliphatic carbocycles. The Kier molecular flexibility index (Phi) is 3.06. The summed E-state index contributed by atoms with van der Waals surface area (Å²) >= 11 is 0. The fourth-order valence-electron chi connectivity index (χ4n) is 2.42. The molecule has 0 radical (unpaired) electrons. The highest BCUT2D eigenvalue weighted by Crippen LogP contribution is 2.35. The Bertz CT molecular complexity index is 337. The molecule has 2 rings (SSSR count). The molecule has 1 fully saturated rings. The highest BCUT2D eigenvalue weighted by molar-refractivity contribution is 5.20. The van der Waals surface area contributed by atoms with Crippen molar-refractivity contribution < 1.29 is 5.11 Å². The molecule has 82 valence electrons. The Morgan fingerprint density at radius 3 is 2.87 bits per heavy atom. The van der Waals surface area contributed by atoms with Gasteiger partial charge >= 0.3 is 0 Å². The van der Waals surface area contributed by atoms with Gasteiger partial charge in [-0.25, -0.2) is 0 Å². The summed E-state index contributed by atoms with van der Waals surface area (Å²) in [6, 6.07) is 4.23. The first-order valence-electron chi connectivity index (χ1n) is 5.77. The average Bonchev–Trinajstić information content (AvgIpc) is 2.22. The van der Waals surface area contributed by atoms with E-state index in [0.717, 1.165) is 18.5 Å². The lowest BCUT2D eigenvalue weighted by Crippen LogP contribution is -2.26. The first-order valence-corrected chi connectivity index (χ1v) is 5.77. The van der Waals surface area contributed by atoms with Crippen LogP contribution in [-0.4, -0.2) is 16.2 Å². The van der Waals surface area contributed by atoms with Gasteiger partial charge in [-0.05, 0) is 55.7 Å². The molecule has 3 atom stereocenters. The Morgan fingerprint density at radius 2 is 2.20 bits per heavy atom. The number of pyridine rings is 1. The molecule has 1 aliphatic rings. The Labute approximate surface area is 91.4 Å². The zero-order valence-electron chi connectivity index (χ0n) is 9.48. The van der Waals surface area contributed by atoms with Gasteiger partial charge in [0.05, 0.1) is 6.10 Å². The normalized spacial score (nSPS) is 31.5. The van der Waals surface area contributed by atoms with E-state index in [9.17, 15) is 5.11 Å². The molecule has 0 bridgehead atoms. The third kappa shape index (κ3) is 2.37. The van der Waals surface area contributed by atoms with Crippen LogP contribution in [0.1, 0.15) is 43.4 Å². The highest BCUT2D eigenvalue weighted by atomic mass is 16.3. The zero-order chi connectivity index (χ0) is 10.8. The van der Waals surface area contributed by atoms with E-state index in [0.29, 0.717) is 11.8 Å². The van der Waals surface area contributed by atoms with Crippen molar-refractivity contribution in [1.82, 2.24) is 4.98 Å². The zero-order valence-corrected chi connectivity index (χ0v) is 9.48. The number of aromatic nitrogens is 1. The molecular weight excluding hydrogens is 186 g/mol. The van der Waals surface area contributed by atoms with Gasteiger partial charge in [-0.3, -0.25) is 4.98 Å². The number of hydrogen-bond acceptors (Lipinski definition) is 2. The van der Waals surface area contributed by atoms with Crippen molar-refractivity contribution in [2.45, 2.75) is 45.1 Å². The second kappa shape index (κ2) is 4.31. The maximum atomic E-state index is 9.86. The molecule has 1 N–H and O–H groups in total. The number of aliphatic hydroxyl groups excluding tert-OH is 1. The van der Waals surface area contributed by atoms with Gasteiger partial charge in [-0.15, -0.1) is 0 Å². The topological polar surface area (TPSA) is 33.1 Å². The average molecular weight is 205 g/mol. The third-order valence-corrected chi connectivity index (χ3v) is 3.55. The minimum absolute atomic E-state index is 0.128. The molecule has 1 aromatic rings. The van der Waals surface area contributed by atoms with Crippen molar-refractivity contribution in [2.24, 2.45) is 5.92 Å². The van der Waals surface area contributed by atoms with Crippen LogP contribution in [0.2, 0.25) is 0 Å². The van der Waals surface area contributed by atoms with Crippen LogP contribution in [0.15, 0.2) is 18.3 Å². The molecule has 0 spiro atoms. The second-order valence-electron chi connectivity index (χ2n) is 4.79. The molecule has 0 aliphatic heterocycles. The van der Waals surface area contributed by atoms with Gasteiger partial charge in [0.2, 0.25) is 0 Å². The monoisotopic (exact) mass is 205 g/mol. The summed E-state index contributed by atoms with van der Waals surface area (Å²) < 4.78 is 0. The van der Waals surface area contributed by atoms with Gasteiger partial charge in [0.1, 0.15) is 0 Å². The number of aliphatic hydroxyl groups is 1. The largest absolute Gasteiger partial charge is 0.393 e. The summed E-state index contributed by atoms with van der Waals surface area (Å²) in [6.07, 6.45) is 4.98. The minimum atomic E-state index is -0.128. The predicted octanol–water partition coefficient (Wildman–Crippen LogP) is 2.65. The summed E-state index contributed by atoms with van der Waals surface area (Å²) in [5, 5.41) is 9.86. The summed E-state index contributed by atoms with van der Waals surface area (Å²) in [7, 11) is 0. The predicted molar refractivity (Wildman–Crippen MR) is 60.7 cm³/mol. The Morgan fingerprint density at radius 1 is 1.40 bits per heavy atom. The molecule has 2 nitrogen and oxygen atoms in total. The van der Waals surface area contributed by atoms with Crippen molar-refractivity contribution >= 4 is 0 Å². The molecule has 1 heterocycles. The van der Waals surface area contributed by atoms with Crippen molar-refractivity contribution in [3.8, 4) is 0 Å². The van der Waals surface area contributed by atoms with E-state index in [4.69, 9.17) is 0 Å². The van der Waals surface area contributed by atoms with E-state index >= 15 is 0 Å². The van der Waals surface area contributed by atoms with Gasteiger partial charge in [-0.2, -0.15) is 0 Å². The fourth-order valence-corrected chi connectivity index (χ4v) is 2.42. The van der Waals surface area contributed by atoms with Crippen molar-refractivity contribution in [3.05, 3.63) is 29.6 Å². The summed E-state index contributed by atoms with van der Waals surface area (Å²) in [6.45, 7) is 4.16. The van der Waals surface area contributed by atoms with Crippen molar-refractivity contribution in [1.29, 1.82) is 0 Å². The molecule has 2 heteroatoms. The van der Waals surface area contributed by atoms with Crippen LogP contribution >= 0.6 is 0 Å². The van der Waals surface area contributed by atoms with Crippen molar-refractivity contribution in [2.75, 3.05) is 0 Å². The highest BCUT2D eigenvalue weighted by Gasteiger charge is 2.26. The van der Waals surface area contributed by atoms with Crippen LogP contribution in [-0.2, 0) is 0 Å². The summed E-state index contributed by atoms with van der Waals surface area (Å²) in [5.41, 5.74) is 2.41. The molecular formula is C13H19NO. The van der Waals surface area contributed by atoms with Crippen LogP contribution in [0.25, 0.3) is 0 Å². The molecule has 3 unspecified atom stereocenters. The van der Waals surface area contributed by atoms with Gasteiger partial charge in [0, 0.05) is 11.9 Å². The van der Waals surface area contributed by atoms with E-state index in [2.05, 4.69) is 24.0 Å². The van der Waals surface area contributed by atoms with Crippen LogP contribution in [0, 0.1) is 12.8 Å².